The Morgan fingerprint density at radius 1 is 1.39 bits per heavy atom. The van der Waals surface area contributed by atoms with Crippen molar-refractivity contribution >= 4 is 35.0 Å². The Labute approximate surface area is 115 Å². The first kappa shape index (κ1) is 14.7. The van der Waals surface area contributed by atoms with E-state index < -0.39 is 11.8 Å². The van der Waals surface area contributed by atoms with Crippen LogP contribution in [-0.2, 0) is 4.79 Å². The van der Waals surface area contributed by atoms with Crippen molar-refractivity contribution in [1.29, 1.82) is 0 Å². The fraction of sp³-hybridized carbons (Fsp3) is 0.364. The van der Waals surface area contributed by atoms with Crippen molar-refractivity contribution in [3.63, 3.8) is 0 Å². The molecule has 0 aliphatic rings. The van der Waals surface area contributed by atoms with Gasteiger partial charge >= 0.3 is 0 Å². The van der Waals surface area contributed by atoms with Gasteiger partial charge in [-0.15, -0.1) is 0 Å². The lowest BCUT2D eigenvalue weighted by atomic mass is 10.2. The van der Waals surface area contributed by atoms with Gasteiger partial charge in [0, 0.05) is 6.04 Å². The van der Waals surface area contributed by atoms with Crippen molar-refractivity contribution in [2.45, 2.75) is 19.9 Å². The van der Waals surface area contributed by atoms with Crippen LogP contribution in [0.1, 0.15) is 24.2 Å². The summed E-state index contributed by atoms with van der Waals surface area (Å²) < 4.78 is 0. The number of amides is 2. The summed E-state index contributed by atoms with van der Waals surface area (Å²) in [4.78, 5) is 28.3. The minimum atomic E-state index is -0.588. The molecule has 0 aromatic carbocycles. The molecule has 0 saturated carbocycles. The maximum absolute atomic E-state index is 12.2. The Balaban J connectivity index is 3.05. The highest BCUT2D eigenvalue weighted by atomic mass is 35.5. The first-order chi connectivity index (χ1) is 8.32. The average Bonchev–Trinajstić information content (AvgIpc) is 2.24. The molecule has 98 valence electrons. The molecule has 1 rings (SSSR count). The maximum atomic E-state index is 12.2. The third kappa shape index (κ3) is 3.58. The molecule has 0 saturated heterocycles. The second-order valence-electron chi connectivity index (χ2n) is 3.97. The van der Waals surface area contributed by atoms with Crippen molar-refractivity contribution in [2.75, 3.05) is 6.54 Å². The molecule has 5 nitrogen and oxygen atoms in total. The molecule has 0 atom stereocenters. The molecule has 1 aromatic heterocycles. The molecule has 2 amide bonds. The zero-order valence-electron chi connectivity index (χ0n) is 9.98. The molecule has 0 fully saturated rings. The summed E-state index contributed by atoms with van der Waals surface area (Å²) in [5, 5.41) is 0.199. The monoisotopic (exact) mass is 289 g/mol. The first-order valence-corrected chi connectivity index (χ1v) is 6.00. The van der Waals surface area contributed by atoms with Crippen molar-refractivity contribution in [2.24, 2.45) is 5.73 Å². The first-order valence-electron chi connectivity index (χ1n) is 5.24. The van der Waals surface area contributed by atoms with Gasteiger partial charge in [0.25, 0.3) is 5.91 Å². The summed E-state index contributed by atoms with van der Waals surface area (Å²) >= 11 is 11.5. The van der Waals surface area contributed by atoms with Gasteiger partial charge in [0.05, 0.1) is 12.1 Å². The molecule has 0 aliphatic carbocycles. The molecule has 1 heterocycles. The third-order valence-corrected chi connectivity index (χ3v) is 2.75. The van der Waals surface area contributed by atoms with Crippen LogP contribution in [-0.4, -0.2) is 34.3 Å². The zero-order valence-corrected chi connectivity index (χ0v) is 11.5. The Hall–Kier alpha value is -1.33. The van der Waals surface area contributed by atoms with E-state index in [1.807, 2.05) is 0 Å². The van der Waals surface area contributed by atoms with E-state index in [2.05, 4.69) is 4.98 Å². The van der Waals surface area contributed by atoms with Crippen molar-refractivity contribution in [3.8, 4) is 0 Å². The Kier molecular flexibility index (Phi) is 4.93. The average molecular weight is 290 g/mol. The summed E-state index contributed by atoms with van der Waals surface area (Å²) in [5.41, 5.74) is 5.30. The Bertz CT molecular complexity index is 477. The predicted molar refractivity (Wildman–Crippen MR) is 69.6 cm³/mol. The summed E-state index contributed by atoms with van der Waals surface area (Å²) in [7, 11) is 0. The number of rotatable bonds is 4. The standard InChI is InChI=1S/C11H13Cl2N3O2/c1-6(2)16(5-9(14)17)11(18)7-3-4-8(12)15-10(7)13/h3-4,6H,5H2,1-2H3,(H2,14,17). The van der Waals surface area contributed by atoms with E-state index in [-0.39, 0.29) is 28.5 Å². The molecule has 2 N–H and O–H groups in total. The Morgan fingerprint density at radius 2 is 2.00 bits per heavy atom. The van der Waals surface area contributed by atoms with Crippen molar-refractivity contribution in [1.82, 2.24) is 9.88 Å². The maximum Gasteiger partial charge on any atom is 0.257 e. The lowest BCUT2D eigenvalue weighted by Crippen LogP contribution is -2.42. The van der Waals surface area contributed by atoms with Gasteiger partial charge in [-0.1, -0.05) is 23.2 Å². The van der Waals surface area contributed by atoms with Crippen LogP contribution < -0.4 is 5.73 Å². The molecular formula is C11H13Cl2N3O2. The van der Waals surface area contributed by atoms with Gasteiger partial charge in [-0.2, -0.15) is 0 Å². The summed E-state index contributed by atoms with van der Waals surface area (Å²) in [6.45, 7) is 3.38. The van der Waals surface area contributed by atoms with Gasteiger partial charge < -0.3 is 10.6 Å². The van der Waals surface area contributed by atoms with Gasteiger partial charge in [-0.25, -0.2) is 4.98 Å². The van der Waals surface area contributed by atoms with Gasteiger partial charge in [0.15, 0.2) is 0 Å². The molecule has 1 aromatic rings. The number of nitrogens with two attached hydrogens (primary N) is 1. The van der Waals surface area contributed by atoms with Crippen LogP contribution in [0.4, 0.5) is 0 Å². The fourth-order valence-electron chi connectivity index (χ4n) is 1.38. The smallest absolute Gasteiger partial charge is 0.257 e. The van der Waals surface area contributed by atoms with E-state index in [4.69, 9.17) is 28.9 Å². The van der Waals surface area contributed by atoms with E-state index >= 15 is 0 Å². The van der Waals surface area contributed by atoms with E-state index in [1.54, 1.807) is 13.8 Å². The molecule has 0 radical (unpaired) electrons. The highest BCUT2D eigenvalue weighted by Gasteiger charge is 2.23. The van der Waals surface area contributed by atoms with Crippen LogP contribution in [0.2, 0.25) is 10.3 Å². The van der Waals surface area contributed by atoms with Crippen LogP contribution in [0.15, 0.2) is 12.1 Å². The molecule has 0 spiro atoms. The lowest BCUT2D eigenvalue weighted by Gasteiger charge is -2.25. The van der Waals surface area contributed by atoms with Crippen LogP contribution in [0, 0.1) is 0 Å². The number of hydrogen-bond acceptors (Lipinski definition) is 3. The number of aromatic nitrogens is 1. The molecule has 0 unspecified atom stereocenters. The van der Waals surface area contributed by atoms with E-state index in [1.165, 1.54) is 17.0 Å². The van der Waals surface area contributed by atoms with Crippen molar-refractivity contribution < 1.29 is 9.59 Å². The topological polar surface area (TPSA) is 76.3 Å². The fourth-order valence-corrected chi connectivity index (χ4v) is 1.81. The minimum absolute atomic E-state index is 0.00243. The van der Waals surface area contributed by atoms with Gasteiger partial charge in [0.2, 0.25) is 5.91 Å². The number of halogens is 2. The molecule has 0 bridgehead atoms. The second kappa shape index (κ2) is 6.02. The van der Waals surface area contributed by atoms with Crippen LogP contribution in [0.25, 0.3) is 0 Å². The van der Waals surface area contributed by atoms with Gasteiger partial charge in [0.1, 0.15) is 10.3 Å². The largest absolute Gasteiger partial charge is 0.368 e. The minimum Gasteiger partial charge on any atom is -0.368 e. The zero-order chi connectivity index (χ0) is 13.9. The molecule has 18 heavy (non-hydrogen) atoms. The lowest BCUT2D eigenvalue weighted by molar-refractivity contribution is -0.119. The number of carbonyl (C=O) groups is 2. The highest BCUT2D eigenvalue weighted by Crippen LogP contribution is 2.19. The number of carbonyl (C=O) groups excluding carboxylic acids is 2. The number of primary amides is 1. The normalized spacial score (nSPS) is 10.5. The summed E-state index contributed by atoms with van der Waals surface area (Å²) in [6.07, 6.45) is 0. The van der Waals surface area contributed by atoms with Crippen LogP contribution >= 0.6 is 23.2 Å². The van der Waals surface area contributed by atoms with Crippen LogP contribution in [0.5, 0.6) is 0 Å². The summed E-state index contributed by atoms with van der Waals surface area (Å²) in [6, 6.07) is 2.75. The number of nitrogens with zero attached hydrogens (tertiary/aromatic N) is 2. The van der Waals surface area contributed by atoms with Crippen molar-refractivity contribution in [3.05, 3.63) is 28.0 Å². The Morgan fingerprint density at radius 3 is 2.44 bits per heavy atom. The molecule has 7 heteroatoms. The number of pyridine rings is 1. The third-order valence-electron chi connectivity index (χ3n) is 2.26. The number of hydrogen-bond donors (Lipinski definition) is 1. The van der Waals surface area contributed by atoms with Crippen LogP contribution in [0.3, 0.4) is 0 Å². The second-order valence-corrected chi connectivity index (χ2v) is 4.71. The summed E-state index contributed by atoms with van der Waals surface area (Å²) in [5.74, 6) is -0.993. The SMILES string of the molecule is CC(C)N(CC(N)=O)C(=O)c1ccc(Cl)nc1Cl. The molecule has 0 aliphatic heterocycles. The quantitative estimate of drug-likeness (QED) is 0.858. The van der Waals surface area contributed by atoms with E-state index in [9.17, 15) is 9.59 Å². The van der Waals surface area contributed by atoms with Gasteiger partial charge in [-0.3, -0.25) is 9.59 Å². The van der Waals surface area contributed by atoms with E-state index in [0.29, 0.717) is 0 Å². The predicted octanol–water partition coefficient (Wildman–Crippen LogP) is 1.72. The van der Waals surface area contributed by atoms with Gasteiger partial charge in [-0.05, 0) is 26.0 Å². The highest BCUT2D eigenvalue weighted by molar-refractivity contribution is 6.34. The molecular weight excluding hydrogens is 277 g/mol. The van der Waals surface area contributed by atoms with E-state index in [0.717, 1.165) is 0 Å².